The summed E-state index contributed by atoms with van der Waals surface area (Å²) in [5, 5.41) is 0. The molecule has 92 valence electrons. The van der Waals surface area contributed by atoms with Crippen molar-refractivity contribution in [2.24, 2.45) is 0 Å². The average molecular weight is 233 g/mol. The van der Waals surface area contributed by atoms with Gasteiger partial charge in [-0.15, -0.1) is 0 Å². The quantitative estimate of drug-likeness (QED) is 0.707. The largest absolute Gasteiger partial charge is 0.305 e. The van der Waals surface area contributed by atoms with Gasteiger partial charge in [-0.05, 0) is 27.6 Å². The molecule has 1 atom stereocenters. The minimum atomic E-state index is 0. The predicted octanol–water partition coefficient (Wildman–Crippen LogP) is 0.687. The summed E-state index contributed by atoms with van der Waals surface area (Å²) < 4.78 is 0. The molecule has 0 aromatic heterocycles. The first-order chi connectivity index (χ1) is 6.63. The second kappa shape index (κ2) is 7.49. The van der Waals surface area contributed by atoms with E-state index in [0.717, 1.165) is 6.54 Å². The Balaban J connectivity index is 0.00000196. The molecule has 0 radical (unpaired) electrons. The van der Waals surface area contributed by atoms with Crippen LogP contribution in [0.25, 0.3) is 0 Å². The summed E-state index contributed by atoms with van der Waals surface area (Å²) in [4.78, 5) is 7.40. The maximum atomic E-state index is 2.60. The van der Waals surface area contributed by atoms with Gasteiger partial charge in [-0.25, -0.2) is 0 Å². The third-order valence-corrected chi connectivity index (χ3v) is 3.28. The van der Waals surface area contributed by atoms with Gasteiger partial charge < -0.3 is 9.80 Å². The Morgan fingerprint density at radius 2 is 1.73 bits per heavy atom. The summed E-state index contributed by atoms with van der Waals surface area (Å²) in [6.07, 6.45) is 0. The topological polar surface area (TPSA) is 9.72 Å². The lowest BCUT2D eigenvalue weighted by atomic mass is 10.2. The Kier molecular flexibility index (Phi) is 7.61. The number of hydrogen-bond donors (Lipinski definition) is 0. The molecule has 0 aliphatic carbocycles. The smallest absolute Gasteiger partial charge is 0.0195 e. The maximum Gasteiger partial charge on any atom is 0.0195 e. The van der Waals surface area contributed by atoms with E-state index in [1.807, 2.05) is 0 Å². The van der Waals surface area contributed by atoms with Crippen molar-refractivity contribution in [3.8, 4) is 0 Å². The van der Waals surface area contributed by atoms with Crippen molar-refractivity contribution >= 4 is 13.5 Å². The van der Waals surface area contributed by atoms with Crippen LogP contribution in [0.4, 0.5) is 0 Å². The van der Waals surface area contributed by atoms with Gasteiger partial charge in [-0.1, -0.05) is 6.92 Å². The zero-order chi connectivity index (χ0) is 10.6. The monoisotopic (exact) mass is 233 g/mol. The van der Waals surface area contributed by atoms with Crippen molar-refractivity contribution < 1.29 is 0 Å². The van der Waals surface area contributed by atoms with Crippen molar-refractivity contribution in [2.45, 2.75) is 19.9 Å². The molecule has 0 amide bonds. The van der Waals surface area contributed by atoms with Gasteiger partial charge in [0.25, 0.3) is 0 Å². The van der Waals surface area contributed by atoms with Gasteiger partial charge in [0.05, 0.1) is 0 Å². The van der Waals surface area contributed by atoms with Crippen molar-refractivity contribution in [2.75, 3.05) is 53.4 Å². The molecule has 1 unspecified atom stereocenters. The van der Waals surface area contributed by atoms with Gasteiger partial charge in [0.1, 0.15) is 0 Å². The molecule has 0 saturated carbocycles. The molecule has 0 aromatic carbocycles. The van der Waals surface area contributed by atoms with E-state index in [4.69, 9.17) is 0 Å². The highest BCUT2D eigenvalue weighted by Gasteiger charge is 2.19. The lowest BCUT2D eigenvalue weighted by molar-refractivity contribution is 0.101. The Bertz CT molecular complexity index is 158. The Hall–Kier alpha value is 0.230. The van der Waals surface area contributed by atoms with Gasteiger partial charge in [-0.2, -0.15) is 13.5 Å². The number of nitrogens with zero attached hydrogens (tertiary/aromatic N) is 3. The van der Waals surface area contributed by atoms with Crippen molar-refractivity contribution in [3.63, 3.8) is 0 Å². The van der Waals surface area contributed by atoms with Crippen LogP contribution in [0, 0.1) is 0 Å². The van der Waals surface area contributed by atoms with E-state index in [2.05, 4.69) is 42.6 Å². The fourth-order valence-corrected chi connectivity index (χ4v) is 1.96. The van der Waals surface area contributed by atoms with Gasteiger partial charge in [0, 0.05) is 38.8 Å². The summed E-state index contributed by atoms with van der Waals surface area (Å²) in [5.74, 6) is 0. The predicted molar refractivity (Wildman–Crippen MR) is 72.1 cm³/mol. The molecule has 15 heavy (non-hydrogen) atoms. The van der Waals surface area contributed by atoms with Crippen LogP contribution in [-0.2, 0) is 0 Å². The van der Waals surface area contributed by atoms with E-state index in [-0.39, 0.29) is 13.5 Å². The highest BCUT2D eigenvalue weighted by Crippen LogP contribution is 2.05. The van der Waals surface area contributed by atoms with Crippen molar-refractivity contribution in [3.05, 3.63) is 0 Å². The molecule has 1 saturated heterocycles. The van der Waals surface area contributed by atoms with Crippen LogP contribution in [0.15, 0.2) is 0 Å². The molecule has 1 fully saturated rings. The van der Waals surface area contributed by atoms with Crippen LogP contribution in [0.3, 0.4) is 0 Å². The van der Waals surface area contributed by atoms with Gasteiger partial charge in [0.15, 0.2) is 0 Å². The van der Waals surface area contributed by atoms with E-state index in [0.29, 0.717) is 6.04 Å². The molecule has 0 spiro atoms. The Morgan fingerprint density at radius 3 is 2.20 bits per heavy atom. The van der Waals surface area contributed by atoms with E-state index in [1.165, 1.54) is 32.7 Å². The molecule has 4 heteroatoms. The fraction of sp³-hybridized carbons (Fsp3) is 1.00. The van der Waals surface area contributed by atoms with Crippen molar-refractivity contribution in [1.82, 2.24) is 14.7 Å². The summed E-state index contributed by atoms with van der Waals surface area (Å²) in [5.41, 5.74) is 0. The van der Waals surface area contributed by atoms with E-state index < -0.39 is 0 Å². The van der Waals surface area contributed by atoms with Crippen LogP contribution in [0.2, 0.25) is 0 Å². The summed E-state index contributed by atoms with van der Waals surface area (Å²) in [7, 11) is 4.41. The molecule has 1 heterocycles. The Labute approximate surface area is 102 Å². The minimum Gasteiger partial charge on any atom is -0.305 e. The van der Waals surface area contributed by atoms with Crippen LogP contribution in [-0.4, -0.2) is 74.1 Å². The van der Waals surface area contributed by atoms with Crippen LogP contribution >= 0.6 is 13.5 Å². The van der Waals surface area contributed by atoms with Crippen LogP contribution in [0.1, 0.15) is 13.8 Å². The lowest BCUT2D eigenvalue weighted by Crippen LogP contribution is -2.50. The van der Waals surface area contributed by atoms with Crippen LogP contribution in [0.5, 0.6) is 0 Å². The number of hydrogen-bond acceptors (Lipinski definition) is 3. The molecule has 0 aromatic rings. The molecule has 1 aliphatic rings. The third kappa shape index (κ3) is 5.20. The minimum absolute atomic E-state index is 0. The van der Waals surface area contributed by atoms with Crippen LogP contribution < -0.4 is 0 Å². The maximum absolute atomic E-state index is 2.60. The first-order valence-electron chi connectivity index (χ1n) is 5.74. The molecule has 1 aliphatic heterocycles. The second-order valence-electron chi connectivity index (χ2n) is 4.54. The second-order valence-corrected chi connectivity index (χ2v) is 4.54. The molecule has 1 rings (SSSR count). The summed E-state index contributed by atoms with van der Waals surface area (Å²) >= 11 is 0. The average Bonchev–Trinajstić information content (AvgIpc) is 2.18. The van der Waals surface area contributed by atoms with Gasteiger partial charge in [-0.3, -0.25) is 4.90 Å². The number of likely N-dealkylation sites (N-methyl/N-ethyl adjacent to an activating group) is 2. The Morgan fingerprint density at radius 1 is 1.20 bits per heavy atom. The third-order valence-electron chi connectivity index (χ3n) is 3.28. The SMILES string of the molecule is CCN(C)CC(C)N1CCN(C)CC1.S. The highest BCUT2D eigenvalue weighted by atomic mass is 32.1. The van der Waals surface area contributed by atoms with Gasteiger partial charge >= 0.3 is 0 Å². The number of rotatable bonds is 4. The highest BCUT2D eigenvalue weighted by molar-refractivity contribution is 7.59. The lowest BCUT2D eigenvalue weighted by Gasteiger charge is -2.37. The summed E-state index contributed by atoms with van der Waals surface area (Å²) in [6, 6.07) is 0.702. The molecular weight excluding hydrogens is 206 g/mol. The zero-order valence-corrected chi connectivity index (χ0v) is 11.7. The van der Waals surface area contributed by atoms with Crippen molar-refractivity contribution in [1.29, 1.82) is 0 Å². The first-order valence-corrected chi connectivity index (χ1v) is 5.74. The standard InChI is InChI=1S/C11H25N3.H2S/c1-5-12(3)10-11(2)14-8-6-13(4)7-9-14;/h11H,5-10H2,1-4H3;1H2. The fourth-order valence-electron chi connectivity index (χ4n) is 1.96. The van der Waals surface area contributed by atoms with Gasteiger partial charge in [0.2, 0.25) is 0 Å². The van der Waals surface area contributed by atoms with E-state index in [9.17, 15) is 0 Å². The number of piperazine rings is 1. The zero-order valence-electron chi connectivity index (χ0n) is 10.7. The molecule has 0 bridgehead atoms. The molecular formula is C11H27N3S. The normalized spacial score (nSPS) is 21.4. The van der Waals surface area contributed by atoms with E-state index in [1.54, 1.807) is 0 Å². The molecule has 3 nitrogen and oxygen atoms in total. The van der Waals surface area contributed by atoms with E-state index >= 15 is 0 Å². The first kappa shape index (κ1) is 15.2. The molecule has 0 N–H and O–H groups in total. The summed E-state index contributed by atoms with van der Waals surface area (Å²) in [6.45, 7) is 11.8.